The molecule has 0 bridgehead atoms. The lowest BCUT2D eigenvalue weighted by atomic mass is 10.1. The molecule has 0 N–H and O–H groups in total. The number of amides is 1. The zero-order chi connectivity index (χ0) is 18.4. The summed E-state index contributed by atoms with van der Waals surface area (Å²) in [7, 11) is 2.08. The molecule has 1 saturated heterocycles. The summed E-state index contributed by atoms with van der Waals surface area (Å²) >= 11 is 0. The summed E-state index contributed by atoms with van der Waals surface area (Å²) in [4.78, 5) is 17.0. The van der Waals surface area contributed by atoms with Crippen LogP contribution in [0.5, 0.6) is 11.5 Å². The first-order valence-corrected chi connectivity index (χ1v) is 9.08. The van der Waals surface area contributed by atoms with Crippen molar-refractivity contribution in [3.63, 3.8) is 0 Å². The molecule has 1 fully saturated rings. The Hall–Kier alpha value is -2.53. The van der Waals surface area contributed by atoms with Crippen LogP contribution in [-0.4, -0.2) is 55.5 Å². The predicted molar refractivity (Wildman–Crippen MR) is 102 cm³/mol. The van der Waals surface area contributed by atoms with Gasteiger partial charge in [-0.15, -0.1) is 0 Å². The van der Waals surface area contributed by atoms with Crippen molar-refractivity contribution in [2.75, 3.05) is 39.8 Å². The summed E-state index contributed by atoms with van der Waals surface area (Å²) in [5.74, 6) is 1.63. The van der Waals surface area contributed by atoms with E-state index in [1.165, 1.54) is 0 Å². The summed E-state index contributed by atoms with van der Waals surface area (Å²) in [5.41, 5.74) is 1.57. The van der Waals surface area contributed by atoms with Gasteiger partial charge in [-0.3, -0.25) is 4.79 Å². The molecule has 1 amide bonds. The molecule has 1 heterocycles. The van der Waals surface area contributed by atoms with Gasteiger partial charge < -0.3 is 19.3 Å². The smallest absolute Gasteiger partial charge is 0.253 e. The van der Waals surface area contributed by atoms with Gasteiger partial charge in [0.1, 0.15) is 18.1 Å². The van der Waals surface area contributed by atoms with E-state index in [9.17, 15) is 4.79 Å². The number of hydrogen-bond donors (Lipinski definition) is 0. The standard InChI is InChI=1S/C21H26N2O3/c1-3-25-20-10-9-17(21(24)23-13-11-22(2)12-14-23)15-18(20)16-26-19-7-5-4-6-8-19/h4-10,15H,3,11-14,16H2,1-2H3. The van der Waals surface area contributed by atoms with Crippen LogP contribution in [0.1, 0.15) is 22.8 Å². The van der Waals surface area contributed by atoms with Crippen molar-refractivity contribution in [1.29, 1.82) is 0 Å². The van der Waals surface area contributed by atoms with Crippen LogP contribution in [-0.2, 0) is 6.61 Å². The molecule has 2 aromatic carbocycles. The molecule has 1 aliphatic rings. The van der Waals surface area contributed by atoms with E-state index in [1.807, 2.05) is 60.4 Å². The van der Waals surface area contributed by atoms with Crippen LogP contribution in [0.4, 0.5) is 0 Å². The fourth-order valence-electron chi connectivity index (χ4n) is 2.99. The molecule has 0 saturated carbocycles. The zero-order valence-corrected chi connectivity index (χ0v) is 15.5. The van der Waals surface area contributed by atoms with Gasteiger partial charge >= 0.3 is 0 Å². The van der Waals surface area contributed by atoms with E-state index in [0.29, 0.717) is 18.8 Å². The molecule has 0 radical (unpaired) electrons. The lowest BCUT2D eigenvalue weighted by Gasteiger charge is -2.32. The Morgan fingerprint density at radius 3 is 2.42 bits per heavy atom. The molecule has 138 valence electrons. The molecule has 26 heavy (non-hydrogen) atoms. The number of carbonyl (C=O) groups is 1. The first kappa shape index (κ1) is 18.3. The maximum atomic E-state index is 12.8. The van der Waals surface area contributed by atoms with Crippen LogP contribution >= 0.6 is 0 Å². The number of benzene rings is 2. The van der Waals surface area contributed by atoms with Crippen LogP contribution in [0.2, 0.25) is 0 Å². The van der Waals surface area contributed by atoms with Gasteiger partial charge in [-0.25, -0.2) is 0 Å². The van der Waals surface area contributed by atoms with Crippen molar-refractivity contribution in [1.82, 2.24) is 9.80 Å². The van der Waals surface area contributed by atoms with Crippen molar-refractivity contribution < 1.29 is 14.3 Å². The highest BCUT2D eigenvalue weighted by Crippen LogP contribution is 2.23. The number of para-hydroxylation sites is 1. The fraction of sp³-hybridized carbons (Fsp3) is 0.381. The number of ether oxygens (including phenoxy) is 2. The number of hydrogen-bond acceptors (Lipinski definition) is 4. The van der Waals surface area contributed by atoms with E-state index in [2.05, 4.69) is 11.9 Å². The van der Waals surface area contributed by atoms with Crippen LogP contribution in [0.3, 0.4) is 0 Å². The number of rotatable bonds is 6. The van der Waals surface area contributed by atoms with Gasteiger partial charge in [0, 0.05) is 37.3 Å². The van der Waals surface area contributed by atoms with E-state index in [4.69, 9.17) is 9.47 Å². The SMILES string of the molecule is CCOc1ccc(C(=O)N2CCN(C)CC2)cc1COc1ccccc1. The molecule has 0 aliphatic carbocycles. The van der Waals surface area contributed by atoms with Crippen molar-refractivity contribution in [3.05, 3.63) is 59.7 Å². The van der Waals surface area contributed by atoms with E-state index in [1.54, 1.807) is 0 Å². The molecule has 1 aliphatic heterocycles. The first-order valence-electron chi connectivity index (χ1n) is 9.08. The van der Waals surface area contributed by atoms with Crippen LogP contribution in [0, 0.1) is 0 Å². The largest absolute Gasteiger partial charge is 0.493 e. The number of nitrogens with zero attached hydrogens (tertiary/aromatic N) is 2. The van der Waals surface area contributed by atoms with Crippen LogP contribution < -0.4 is 9.47 Å². The third kappa shape index (κ3) is 4.55. The Morgan fingerprint density at radius 1 is 1.00 bits per heavy atom. The highest BCUT2D eigenvalue weighted by atomic mass is 16.5. The molecule has 0 unspecified atom stereocenters. The van der Waals surface area contributed by atoms with Gasteiger partial charge in [0.05, 0.1) is 6.61 Å². The molecule has 0 aromatic heterocycles. The maximum Gasteiger partial charge on any atom is 0.253 e. The topological polar surface area (TPSA) is 42.0 Å². The molecular weight excluding hydrogens is 328 g/mol. The molecule has 2 aromatic rings. The summed E-state index contributed by atoms with van der Waals surface area (Å²) in [6.07, 6.45) is 0. The Morgan fingerprint density at radius 2 is 1.73 bits per heavy atom. The first-order chi connectivity index (χ1) is 12.7. The van der Waals surface area contributed by atoms with Gasteiger partial charge in [-0.1, -0.05) is 18.2 Å². The summed E-state index contributed by atoms with van der Waals surface area (Å²) in [6.45, 7) is 6.23. The molecular formula is C21H26N2O3. The minimum atomic E-state index is 0.0714. The Labute approximate surface area is 155 Å². The average Bonchev–Trinajstić information content (AvgIpc) is 2.68. The number of carbonyl (C=O) groups excluding carboxylic acids is 1. The minimum Gasteiger partial charge on any atom is -0.493 e. The predicted octanol–water partition coefficient (Wildman–Crippen LogP) is 3.05. The van der Waals surface area contributed by atoms with Crippen molar-refractivity contribution in [3.8, 4) is 11.5 Å². The second-order valence-corrected chi connectivity index (χ2v) is 6.45. The van der Waals surface area contributed by atoms with Gasteiger partial charge in [0.2, 0.25) is 0 Å². The third-order valence-corrected chi connectivity index (χ3v) is 4.54. The van der Waals surface area contributed by atoms with E-state index < -0.39 is 0 Å². The van der Waals surface area contributed by atoms with E-state index in [0.717, 1.165) is 43.2 Å². The quantitative estimate of drug-likeness (QED) is 0.800. The van der Waals surface area contributed by atoms with Gasteiger partial charge in [0.15, 0.2) is 0 Å². The van der Waals surface area contributed by atoms with Gasteiger partial charge in [-0.2, -0.15) is 0 Å². The molecule has 5 heteroatoms. The molecule has 0 spiro atoms. The summed E-state index contributed by atoms with van der Waals surface area (Å²) < 4.78 is 11.6. The number of piperazine rings is 1. The van der Waals surface area contributed by atoms with E-state index in [-0.39, 0.29) is 5.91 Å². The Kier molecular flexibility index (Phi) is 6.12. The van der Waals surface area contributed by atoms with Crippen molar-refractivity contribution in [2.45, 2.75) is 13.5 Å². The second-order valence-electron chi connectivity index (χ2n) is 6.45. The van der Waals surface area contributed by atoms with Gasteiger partial charge in [-0.05, 0) is 44.3 Å². The van der Waals surface area contributed by atoms with Crippen LogP contribution in [0.25, 0.3) is 0 Å². The Balaban J connectivity index is 1.75. The molecule has 3 rings (SSSR count). The fourth-order valence-corrected chi connectivity index (χ4v) is 2.99. The lowest BCUT2D eigenvalue weighted by Crippen LogP contribution is -2.47. The highest BCUT2D eigenvalue weighted by molar-refractivity contribution is 5.94. The number of likely N-dealkylation sites (N-methyl/N-ethyl adjacent to an activating group) is 1. The average molecular weight is 354 g/mol. The Bertz CT molecular complexity index is 725. The van der Waals surface area contributed by atoms with Crippen molar-refractivity contribution >= 4 is 5.91 Å². The summed E-state index contributed by atoms with van der Waals surface area (Å²) in [5, 5.41) is 0. The molecule has 0 atom stereocenters. The highest BCUT2D eigenvalue weighted by Gasteiger charge is 2.21. The van der Waals surface area contributed by atoms with Crippen molar-refractivity contribution in [2.24, 2.45) is 0 Å². The normalized spacial score (nSPS) is 14.9. The second kappa shape index (κ2) is 8.72. The third-order valence-electron chi connectivity index (χ3n) is 4.54. The van der Waals surface area contributed by atoms with Crippen LogP contribution in [0.15, 0.2) is 48.5 Å². The zero-order valence-electron chi connectivity index (χ0n) is 15.5. The minimum absolute atomic E-state index is 0.0714. The maximum absolute atomic E-state index is 12.8. The lowest BCUT2D eigenvalue weighted by molar-refractivity contribution is 0.0664. The van der Waals surface area contributed by atoms with E-state index >= 15 is 0 Å². The van der Waals surface area contributed by atoms with Gasteiger partial charge in [0.25, 0.3) is 5.91 Å². The molecule has 5 nitrogen and oxygen atoms in total. The summed E-state index contributed by atoms with van der Waals surface area (Å²) in [6, 6.07) is 15.3. The monoisotopic (exact) mass is 354 g/mol.